The van der Waals surface area contributed by atoms with Gasteiger partial charge in [0.1, 0.15) is 11.5 Å². The Morgan fingerprint density at radius 2 is 1.86 bits per heavy atom. The summed E-state index contributed by atoms with van der Waals surface area (Å²) in [6, 6.07) is 10.3. The highest BCUT2D eigenvalue weighted by molar-refractivity contribution is 5.99. The summed E-state index contributed by atoms with van der Waals surface area (Å²) in [5, 5.41) is 12.4. The summed E-state index contributed by atoms with van der Waals surface area (Å²) in [4.78, 5) is 24.4. The minimum Gasteiger partial charge on any atom is -0.479 e. The van der Waals surface area contributed by atoms with E-state index in [2.05, 4.69) is 5.32 Å². The fourth-order valence-corrected chi connectivity index (χ4v) is 2.53. The lowest BCUT2D eigenvalue weighted by atomic mass is 9.87. The normalized spacial score (nSPS) is 13.4. The molecular weight excluding hydrogens is 282 g/mol. The number of carboxylic acids is 1. The highest BCUT2D eigenvalue weighted by Crippen LogP contribution is 2.27. The SMILES string of the molecule is CCC(NC(=O)c1cc(C)oc1C)(C(=O)O)c1ccccc1. The highest BCUT2D eigenvalue weighted by atomic mass is 16.4. The third-order valence-corrected chi connectivity index (χ3v) is 3.77. The zero-order chi connectivity index (χ0) is 16.3. The molecule has 2 N–H and O–H groups in total. The molecule has 22 heavy (non-hydrogen) atoms. The molecule has 1 heterocycles. The molecule has 0 spiro atoms. The molecule has 0 saturated carbocycles. The van der Waals surface area contributed by atoms with E-state index < -0.39 is 17.4 Å². The maximum atomic E-state index is 12.5. The van der Waals surface area contributed by atoms with Gasteiger partial charge in [0.05, 0.1) is 5.56 Å². The Kier molecular flexibility index (Phi) is 4.35. The van der Waals surface area contributed by atoms with Crippen LogP contribution in [0.25, 0.3) is 0 Å². The minimum atomic E-state index is -1.46. The van der Waals surface area contributed by atoms with Crippen molar-refractivity contribution in [3.8, 4) is 0 Å². The van der Waals surface area contributed by atoms with Crippen LogP contribution in [0.3, 0.4) is 0 Å². The lowest BCUT2D eigenvalue weighted by molar-refractivity contribution is -0.145. The summed E-state index contributed by atoms with van der Waals surface area (Å²) in [5.41, 5.74) is -0.570. The molecule has 0 aliphatic rings. The third kappa shape index (κ3) is 2.74. The maximum absolute atomic E-state index is 12.5. The number of benzene rings is 1. The van der Waals surface area contributed by atoms with Gasteiger partial charge in [0.25, 0.3) is 5.91 Å². The quantitative estimate of drug-likeness (QED) is 0.889. The van der Waals surface area contributed by atoms with Gasteiger partial charge in [-0.25, -0.2) is 4.79 Å². The Bertz CT molecular complexity index is 690. The second-order valence-electron chi connectivity index (χ2n) is 5.21. The number of carbonyl (C=O) groups is 2. The number of aliphatic carboxylic acids is 1. The van der Waals surface area contributed by atoms with Gasteiger partial charge >= 0.3 is 5.97 Å². The Labute approximate surface area is 129 Å². The van der Waals surface area contributed by atoms with Crippen LogP contribution in [0.5, 0.6) is 0 Å². The van der Waals surface area contributed by atoms with E-state index in [9.17, 15) is 14.7 Å². The van der Waals surface area contributed by atoms with Crippen molar-refractivity contribution in [1.29, 1.82) is 0 Å². The molecule has 0 saturated heterocycles. The van der Waals surface area contributed by atoms with Crippen LogP contribution in [0, 0.1) is 13.8 Å². The van der Waals surface area contributed by atoms with Gasteiger partial charge in [-0.15, -0.1) is 0 Å². The van der Waals surface area contributed by atoms with Gasteiger partial charge in [-0.3, -0.25) is 4.79 Å². The van der Waals surface area contributed by atoms with Gasteiger partial charge in [-0.05, 0) is 31.9 Å². The van der Waals surface area contributed by atoms with Crippen molar-refractivity contribution < 1.29 is 19.1 Å². The van der Waals surface area contributed by atoms with E-state index >= 15 is 0 Å². The van der Waals surface area contributed by atoms with Crippen molar-refractivity contribution in [2.75, 3.05) is 0 Å². The van der Waals surface area contributed by atoms with Crippen molar-refractivity contribution >= 4 is 11.9 Å². The number of rotatable bonds is 5. The standard InChI is InChI=1S/C17H19NO4/c1-4-17(16(20)21,13-8-6-5-7-9-13)18-15(19)14-10-11(2)22-12(14)3/h5-10H,4H2,1-3H3,(H,18,19)(H,20,21). The van der Waals surface area contributed by atoms with Crippen LogP contribution < -0.4 is 5.32 Å². The smallest absolute Gasteiger partial charge is 0.334 e. The molecule has 2 rings (SSSR count). The molecular formula is C17H19NO4. The lowest BCUT2D eigenvalue weighted by Crippen LogP contribution is -2.51. The van der Waals surface area contributed by atoms with E-state index in [0.717, 1.165) is 0 Å². The summed E-state index contributed by atoms with van der Waals surface area (Å²) in [6.45, 7) is 5.15. The number of aryl methyl sites for hydroxylation is 2. The fourth-order valence-electron chi connectivity index (χ4n) is 2.53. The molecule has 1 atom stereocenters. The first-order valence-electron chi connectivity index (χ1n) is 7.09. The van der Waals surface area contributed by atoms with Crippen molar-refractivity contribution in [1.82, 2.24) is 5.32 Å². The molecule has 0 fully saturated rings. The summed E-state index contributed by atoms with van der Waals surface area (Å²) < 4.78 is 5.34. The highest BCUT2D eigenvalue weighted by Gasteiger charge is 2.40. The Morgan fingerprint density at radius 3 is 2.32 bits per heavy atom. The van der Waals surface area contributed by atoms with Gasteiger partial charge in [-0.1, -0.05) is 37.3 Å². The van der Waals surface area contributed by atoms with Crippen LogP contribution in [0.4, 0.5) is 0 Å². The first-order valence-corrected chi connectivity index (χ1v) is 7.09. The van der Waals surface area contributed by atoms with Crippen LogP contribution in [0.1, 0.15) is 40.8 Å². The van der Waals surface area contributed by atoms with E-state index in [-0.39, 0.29) is 6.42 Å². The fraction of sp³-hybridized carbons (Fsp3) is 0.294. The summed E-state index contributed by atoms with van der Waals surface area (Å²) in [5.74, 6) is -0.465. The van der Waals surface area contributed by atoms with Gasteiger partial charge in [0.2, 0.25) is 0 Å². The zero-order valence-corrected chi connectivity index (χ0v) is 12.8. The lowest BCUT2D eigenvalue weighted by Gasteiger charge is -2.29. The second-order valence-corrected chi connectivity index (χ2v) is 5.21. The Hall–Kier alpha value is -2.56. The van der Waals surface area contributed by atoms with Crippen molar-refractivity contribution in [2.24, 2.45) is 0 Å². The number of hydrogen-bond acceptors (Lipinski definition) is 3. The number of nitrogens with one attached hydrogen (secondary N) is 1. The number of hydrogen-bond donors (Lipinski definition) is 2. The van der Waals surface area contributed by atoms with E-state index in [1.165, 1.54) is 0 Å². The van der Waals surface area contributed by atoms with Gasteiger partial charge in [-0.2, -0.15) is 0 Å². The number of furan rings is 1. The van der Waals surface area contributed by atoms with Gasteiger partial charge in [0.15, 0.2) is 5.54 Å². The van der Waals surface area contributed by atoms with Crippen molar-refractivity contribution in [3.63, 3.8) is 0 Å². The molecule has 0 bridgehead atoms. The number of carboxylic acid groups (broad SMARTS) is 1. The maximum Gasteiger partial charge on any atom is 0.334 e. The van der Waals surface area contributed by atoms with E-state index in [1.807, 2.05) is 0 Å². The third-order valence-electron chi connectivity index (χ3n) is 3.77. The average molecular weight is 301 g/mol. The summed E-state index contributed by atoms with van der Waals surface area (Å²) in [6.07, 6.45) is 0.230. The number of carbonyl (C=O) groups excluding carboxylic acids is 1. The summed E-state index contributed by atoms with van der Waals surface area (Å²) >= 11 is 0. The zero-order valence-electron chi connectivity index (χ0n) is 12.8. The average Bonchev–Trinajstić information content (AvgIpc) is 2.84. The van der Waals surface area contributed by atoms with Crippen LogP contribution in [-0.2, 0) is 10.3 Å². The van der Waals surface area contributed by atoms with Crippen molar-refractivity contribution in [2.45, 2.75) is 32.7 Å². The van der Waals surface area contributed by atoms with Crippen LogP contribution in [0.15, 0.2) is 40.8 Å². The molecule has 1 unspecified atom stereocenters. The molecule has 116 valence electrons. The number of amides is 1. The molecule has 5 nitrogen and oxygen atoms in total. The molecule has 1 aromatic heterocycles. The Balaban J connectivity index is 2.42. The van der Waals surface area contributed by atoms with Crippen LogP contribution in [-0.4, -0.2) is 17.0 Å². The minimum absolute atomic E-state index is 0.230. The van der Waals surface area contributed by atoms with Gasteiger partial charge in [0, 0.05) is 0 Å². The largest absolute Gasteiger partial charge is 0.479 e. The monoisotopic (exact) mass is 301 g/mol. The molecule has 1 aromatic carbocycles. The Morgan fingerprint density at radius 1 is 1.23 bits per heavy atom. The molecule has 1 amide bonds. The molecule has 2 aromatic rings. The van der Waals surface area contributed by atoms with Crippen molar-refractivity contribution in [3.05, 3.63) is 59.0 Å². The first kappa shape index (κ1) is 15.8. The molecule has 5 heteroatoms. The van der Waals surface area contributed by atoms with Crippen LogP contribution >= 0.6 is 0 Å². The van der Waals surface area contributed by atoms with Crippen LogP contribution in [0.2, 0.25) is 0 Å². The van der Waals surface area contributed by atoms with E-state index in [4.69, 9.17) is 4.42 Å². The molecule has 0 aliphatic heterocycles. The first-order chi connectivity index (χ1) is 10.4. The van der Waals surface area contributed by atoms with E-state index in [0.29, 0.717) is 22.6 Å². The predicted octanol–water partition coefficient (Wildman–Crippen LogP) is 3.02. The topological polar surface area (TPSA) is 79.5 Å². The van der Waals surface area contributed by atoms with Gasteiger partial charge < -0.3 is 14.8 Å². The molecule has 0 aliphatic carbocycles. The molecule has 0 radical (unpaired) electrons. The van der Waals surface area contributed by atoms with E-state index in [1.54, 1.807) is 57.2 Å². The summed E-state index contributed by atoms with van der Waals surface area (Å²) in [7, 11) is 0. The second kappa shape index (κ2) is 6.05. The predicted molar refractivity (Wildman–Crippen MR) is 81.7 cm³/mol.